The number of ether oxygens (including phenoxy) is 2. The maximum absolute atomic E-state index is 13.9. The molecule has 2 aliphatic rings. The van der Waals surface area contributed by atoms with Crippen LogP contribution in [0.2, 0.25) is 0 Å². The first-order valence-corrected chi connectivity index (χ1v) is 9.30. The highest BCUT2D eigenvalue weighted by atomic mass is 19.2. The number of halogens is 3. The number of piperidine rings is 1. The smallest absolute Gasteiger partial charge is 0.410 e. The Morgan fingerprint density at radius 1 is 1.07 bits per heavy atom. The fourth-order valence-electron chi connectivity index (χ4n) is 3.82. The number of nitrogens with zero attached hydrogens (tertiary/aromatic N) is 1. The topological polar surface area (TPSA) is 55.8 Å². The van der Waals surface area contributed by atoms with Crippen LogP contribution in [0.3, 0.4) is 0 Å². The van der Waals surface area contributed by atoms with Gasteiger partial charge in [-0.1, -0.05) is 0 Å². The Morgan fingerprint density at radius 2 is 1.64 bits per heavy atom. The second kappa shape index (κ2) is 7.73. The molecule has 1 aromatic carbocycles. The molecule has 2 unspecified atom stereocenters. The van der Waals surface area contributed by atoms with Crippen molar-refractivity contribution in [1.29, 1.82) is 0 Å². The summed E-state index contributed by atoms with van der Waals surface area (Å²) in [5.41, 5.74) is -0.803. The van der Waals surface area contributed by atoms with Gasteiger partial charge >= 0.3 is 6.09 Å². The Balaban J connectivity index is 1.70. The predicted octanol–water partition coefficient (Wildman–Crippen LogP) is 3.63. The van der Waals surface area contributed by atoms with E-state index in [1.54, 1.807) is 25.7 Å². The summed E-state index contributed by atoms with van der Waals surface area (Å²) in [7, 11) is 0. The van der Waals surface area contributed by atoms with Crippen molar-refractivity contribution in [3.8, 4) is 0 Å². The van der Waals surface area contributed by atoms with Crippen molar-refractivity contribution in [2.75, 3.05) is 13.2 Å². The third-order valence-electron chi connectivity index (χ3n) is 5.03. The molecule has 2 bridgehead atoms. The average Bonchev–Trinajstić information content (AvgIpc) is 2.56. The first-order chi connectivity index (χ1) is 13.0. The van der Waals surface area contributed by atoms with E-state index < -0.39 is 35.1 Å². The molecule has 5 nitrogen and oxygen atoms in total. The summed E-state index contributed by atoms with van der Waals surface area (Å²) in [4.78, 5) is 26.9. The Morgan fingerprint density at radius 3 is 2.21 bits per heavy atom. The largest absolute Gasteiger partial charge is 0.444 e. The standard InChI is InChI=1S/C20H24F3NO4/c1-20(2,3)28-19(26)24-13-4-12(5-14(24)10-27-9-13)18(25)7-11-6-16(22)17(23)8-15(11)21/h6,8,12-14H,4-5,7,9-10H2,1-3H3. The van der Waals surface area contributed by atoms with Gasteiger partial charge in [-0.2, -0.15) is 0 Å². The number of carbonyl (C=O) groups is 2. The summed E-state index contributed by atoms with van der Waals surface area (Å²) in [5.74, 6) is -4.09. The molecule has 1 amide bonds. The highest BCUT2D eigenvalue weighted by Gasteiger charge is 2.45. The number of benzene rings is 1. The summed E-state index contributed by atoms with van der Waals surface area (Å²) in [6, 6.07) is 0.547. The van der Waals surface area contributed by atoms with Crippen molar-refractivity contribution in [2.45, 2.75) is 57.7 Å². The lowest BCUT2D eigenvalue weighted by atomic mass is 9.81. The van der Waals surface area contributed by atoms with Crippen LogP contribution in [0, 0.1) is 23.4 Å². The van der Waals surface area contributed by atoms with Gasteiger partial charge in [-0.3, -0.25) is 9.69 Å². The van der Waals surface area contributed by atoms with Crippen LogP contribution < -0.4 is 0 Å². The van der Waals surface area contributed by atoms with E-state index in [0.29, 0.717) is 32.1 Å². The summed E-state index contributed by atoms with van der Waals surface area (Å²) in [6.07, 6.45) is -0.0384. The van der Waals surface area contributed by atoms with Crippen LogP contribution in [0.25, 0.3) is 0 Å². The first-order valence-electron chi connectivity index (χ1n) is 9.30. The molecule has 2 aliphatic heterocycles. The summed E-state index contributed by atoms with van der Waals surface area (Å²) in [5, 5.41) is 0. The summed E-state index contributed by atoms with van der Waals surface area (Å²) < 4.78 is 51.3. The number of carbonyl (C=O) groups excluding carboxylic acids is 2. The number of morpholine rings is 1. The fourth-order valence-corrected chi connectivity index (χ4v) is 3.82. The van der Waals surface area contributed by atoms with E-state index in [4.69, 9.17) is 9.47 Å². The van der Waals surface area contributed by atoms with Crippen molar-refractivity contribution < 1.29 is 32.2 Å². The third kappa shape index (κ3) is 4.48. The van der Waals surface area contributed by atoms with Crippen LogP contribution >= 0.6 is 0 Å². The minimum atomic E-state index is -1.29. The van der Waals surface area contributed by atoms with Crippen molar-refractivity contribution in [2.24, 2.45) is 5.92 Å². The Bertz CT molecular complexity index is 763. The van der Waals surface area contributed by atoms with Crippen molar-refractivity contribution in [3.05, 3.63) is 35.1 Å². The second-order valence-corrected chi connectivity index (χ2v) is 8.40. The van der Waals surface area contributed by atoms with Crippen LogP contribution in [0.4, 0.5) is 18.0 Å². The van der Waals surface area contributed by atoms with Crippen molar-refractivity contribution in [3.63, 3.8) is 0 Å². The highest BCUT2D eigenvalue weighted by Crippen LogP contribution is 2.34. The fraction of sp³-hybridized carbons (Fsp3) is 0.600. The zero-order valence-corrected chi connectivity index (χ0v) is 16.1. The molecule has 8 heteroatoms. The number of hydrogen-bond donors (Lipinski definition) is 0. The zero-order chi connectivity index (χ0) is 20.6. The molecule has 2 atom stereocenters. The minimum Gasteiger partial charge on any atom is -0.444 e. The number of amides is 1. The minimum absolute atomic E-state index is 0.167. The van der Waals surface area contributed by atoms with Gasteiger partial charge in [-0.05, 0) is 45.2 Å². The maximum atomic E-state index is 13.9. The lowest BCUT2D eigenvalue weighted by Crippen LogP contribution is -2.60. The maximum Gasteiger partial charge on any atom is 0.410 e. The molecular formula is C20H24F3NO4. The molecule has 154 valence electrons. The average molecular weight is 399 g/mol. The van der Waals surface area contributed by atoms with Crippen LogP contribution in [-0.4, -0.2) is 47.7 Å². The third-order valence-corrected chi connectivity index (χ3v) is 5.03. The molecular weight excluding hydrogens is 375 g/mol. The lowest BCUT2D eigenvalue weighted by molar-refractivity contribution is -0.131. The quantitative estimate of drug-likeness (QED) is 0.729. The Kier molecular flexibility index (Phi) is 5.70. The number of Topliss-reactive ketones (excluding diaryl/α,β-unsaturated/α-hetero) is 1. The van der Waals surface area contributed by atoms with Crippen molar-refractivity contribution >= 4 is 11.9 Å². The van der Waals surface area contributed by atoms with Gasteiger partial charge in [-0.15, -0.1) is 0 Å². The van der Waals surface area contributed by atoms with Crippen LogP contribution in [0.15, 0.2) is 12.1 Å². The van der Waals surface area contributed by atoms with Gasteiger partial charge in [0.2, 0.25) is 0 Å². The molecule has 0 N–H and O–H groups in total. The van der Waals surface area contributed by atoms with Crippen LogP contribution in [-0.2, 0) is 20.7 Å². The van der Waals surface area contributed by atoms with Crippen molar-refractivity contribution in [1.82, 2.24) is 4.90 Å². The Hall–Kier alpha value is -2.09. The number of rotatable bonds is 3. The van der Waals surface area contributed by atoms with Gasteiger partial charge in [0.05, 0.1) is 25.3 Å². The van der Waals surface area contributed by atoms with E-state index in [-0.39, 0.29) is 29.9 Å². The van der Waals surface area contributed by atoms with Gasteiger partial charge in [-0.25, -0.2) is 18.0 Å². The van der Waals surface area contributed by atoms with Crippen LogP contribution in [0.5, 0.6) is 0 Å². The molecule has 2 heterocycles. The zero-order valence-electron chi connectivity index (χ0n) is 16.1. The van der Waals surface area contributed by atoms with E-state index in [0.717, 1.165) is 6.07 Å². The predicted molar refractivity (Wildman–Crippen MR) is 94.2 cm³/mol. The second-order valence-electron chi connectivity index (χ2n) is 8.40. The van der Waals surface area contributed by atoms with E-state index >= 15 is 0 Å². The lowest BCUT2D eigenvalue weighted by Gasteiger charge is -2.47. The molecule has 28 heavy (non-hydrogen) atoms. The monoisotopic (exact) mass is 399 g/mol. The van der Waals surface area contributed by atoms with E-state index in [1.165, 1.54) is 0 Å². The van der Waals surface area contributed by atoms with E-state index in [1.807, 2.05) is 0 Å². The van der Waals surface area contributed by atoms with Gasteiger partial charge in [0.25, 0.3) is 0 Å². The molecule has 0 aromatic heterocycles. The Labute approximate surface area is 161 Å². The van der Waals surface area contributed by atoms with Gasteiger partial charge in [0, 0.05) is 18.4 Å². The molecule has 2 saturated heterocycles. The van der Waals surface area contributed by atoms with E-state index in [2.05, 4.69) is 0 Å². The normalized spacial score (nSPS) is 24.8. The number of ketones is 1. The summed E-state index contributed by atoms with van der Waals surface area (Å²) >= 11 is 0. The van der Waals surface area contributed by atoms with Gasteiger partial charge in [0.15, 0.2) is 11.6 Å². The highest BCUT2D eigenvalue weighted by molar-refractivity contribution is 5.84. The number of hydrogen-bond acceptors (Lipinski definition) is 4. The molecule has 0 radical (unpaired) electrons. The SMILES string of the molecule is CC(C)(C)OC(=O)N1C2COCC1CC(C(=O)Cc1cc(F)c(F)cc1F)C2. The molecule has 0 aliphatic carbocycles. The van der Waals surface area contributed by atoms with Crippen LogP contribution in [0.1, 0.15) is 39.2 Å². The molecule has 2 fully saturated rings. The molecule has 0 saturated carbocycles. The van der Waals surface area contributed by atoms with E-state index in [9.17, 15) is 22.8 Å². The number of fused-ring (bicyclic) bond motifs is 2. The first kappa shape index (κ1) is 20.6. The summed E-state index contributed by atoms with van der Waals surface area (Å²) in [6.45, 7) is 5.93. The molecule has 0 spiro atoms. The molecule has 1 aromatic rings. The molecule has 3 rings (SSSR count). The van der Waals surface area contributed by atoms with Gasteiger partial charge in [0.1, 0.15) is 17.2 Å². The van der Waals surface area contributed by atoms with Gasteiger partial charge < -0.3 is 9.47 Å².